The van der Waals surface area contributed by atoms with E-state index in [0.29, 0.717) is 12.0 Å². The minimum Gasteiger partial charge on any atom is -0.504 e. The number of aromatic hydroxyl groups is 1. The van der Waals surface area contributed by atoms with Gasteiger partial charge in [0, 0.05) is 5.56 Å². The molecular formula is C12H16O5S. The summed E-state index contributed by atoms with van der Waals surface area (Å²) in [5.41, 5.74) is 0.327. The van der Waals surface area contributed by atoms with Gasteiger partial charge in [-0.2, -0.15) is 12.6 Å². The maximum atomic E-state index is 10.9. The summed E-state index contributed by atoms with van der Waals surface area (Å²) in [6.07, 6.45) is -1.49. The first-order chi connectivity index (χ1) is 8.54. The smallest absolute Gasteiger partial charge is 0.161 e. The minimum absolute atomic E-state index is 0.136. The summed E-state index contributed by atoms with van der Waals surface area (Å²) in [5, 5.41) is 29.2. The summed E-state index contributed by atoms with van der Waals surface area (Å²) >= 11 is 3.96. The molecule has 0 heterocycles. The van der Waals surface area contributed by atoms with Gasteiger partial charge in [-0.05, 0) is 29.9 Å². The van der Waals surface area contributed by atoms with Crippen LogP contribution in [0.15, 0.2) is 12.1 Å². The molecule has 6 heteroatoms. The van der Waals surface area contributed by atoms with E-state index in [4.69, 9.17) is 4.74 Å². The van der Waals surface area contributed by atoms with Gasteiger partial charge in [-0.25, -0.2) is 0 Å². The molecule has 0 bridgehead atoms. The van der Waals surface area contributed by atoms with Crippen LogP contribution in [0.5, 0.6) is 11.5 Å². The Morgan fingerprint density at radius 3 is 2.61 bits per heavy atom. The van der Waals surface area contributed by atoms with Crippen LogP contribution in [-0.2, 0) is 0 Å². The van der Waals surface area contributed by atoms with Crippen LogP contribution in [0.2, 0.25) is 0 Å². The van der Waals surface area contributed by atoms with Gasteiger partial charge < -0.3 is 20.1 Å². The van der Waals surface area contributed by atoms with E-state index in [0.717, 1.165) is 0 Å². The summed E-state index contributed by atoms with van der Waals surface area (Å²) in [7, 11) is 1.36. The van der Waals surface area contributed by atoms with Gasteiger partial charge in [0.2, 0.25) is 0 Å². The van der Waals surface area contributed by atoms with Crippen LogP contribution in [-0.4, -0.2) is 40.6 Å². The van der Waals surface area contributed by atoms with Gasteiger partial charge in [0.1, 0.15) is 6.10 Å². The highest BCUT2D eigenvalue weighted by atomic mass is 32.1. The molecule has 0 spiro atoms. The second kappa shape index (κ2) is 6.63. The lowest BCUT2D eigenvalue weighted by Crippen LogP contribution is -2.20. The molecule has 1 rings (SSSR count). The van der Waals surface area contributed by atoms with Crippen molar-refractivity contribution in [2.75, 3.05) is 12.9 Å². The van der Waals surface area contributed by atoms with Crippen molar-refractivity contribution in [1.82, 2.24) is 0 Å². The molecule has 2 atom stereocenters. The summed E-state index contributed by atoms with van der Waals surface area (Å²) in [4.78, 5) is 10.9. The summed E-state index contributed by atoms with van der Waals surface area (Å²) < 4.78 is 4.86. The number of aliphatic hydroxyl groups excluding tert-OH is 2. The number of aldehydes is 1. The van der Waals surface area contributed by atoms with E-state index < -0.39 is 12.2 Å². The molecule has 18 heavy (non-hydrogen) atoms. The number of hydrogen-bond donors (Lipinski definition) is 4. The molecule has 0 saturated heterocycles. The lowest BCUT2D eigenvalue weighted by molar-refractivity contribution is 0.0168. The molecule has 3 N–H and O–H groups in total. The predicted molar refractivity (Wildman–Crippen MR) is 69.5 cm³/mol. The second-order valence-electron chi connectivity index (χ2n) is 3.80. The maximum absolute atomic E-state index is 10.9. The Kier molecular flexibility index (Phi) is 5.46. The van der Waals surface area contributed by atoms with E-state index in [-0.39, 0.29) is 29.0 Å². The normalized spacial score (nSPS) is 14.0. The number of thiol groups is 1. The third kappa shape index (κ3) is 3.16. The number of ether oxygens (including phenoxy) is 1. The first kappa shape index (κ1) is 14.8. The van der Waals surface area contributed by atoms with E-state index in [1.54, 1.807) is 0 Å². The lowest BCUT2D eigenvalue weighted by atomic mass is 9.97. The molecule has 0 saturated carbocycles. The van der Waals surface area contributed by atoms with Crippen molar-refractivity contribution >= 4 is 18.9 Å². The van der Waals surface area contributed by atoms with Gasteiger partial charge in [-0.15, -0.1) is 0 Å². The van der Waals surface area contributed by atoms with Crippen LogP contribution >= 0.6 is 12.6 Å². The number of methoxy groups -OCH3 is 1. The fourth-order valence-corrected chi connectivity index (χ4v) is 1.88. The standard InChI is InChI=1S/C12H16O5S/c1-17-11-4-7(6-13)8(5-10(11)15)12(16)9(14)2-3-18/h4-6,9,12,14-16,18H,2-3H2,1H3. The highest BCUT2D eigenvalue weighted by Crippen LogP contribution is 2.33. The van der Waals surface area contributed by atoms with Gasteiger partial charge in [-0.3, -0.25) is 4.79 Å². The van der Waals surface area contributed by atoms with Gasteiger partial charge in [0.05, 0.1) is 13.2 Å². The fraction of sp³-hybridized carbons (Fsp3) is 0.417. The quantitative estimate of drug-likeness (QED) is 0.457. The summed E-state index contributed by atoms with van der Waals surface area (Å²) in [6.45, 7) is 0. The molecule has 0 aromatic heterocycles. The van der Waals surface area contributed by atoms with E-state index in [9.17, 15) is 20.1 Å². The number of hydrogen-bond acceptors (Lipinski definition) is 6. The largest absolute Gasteiger partial charge is 0.504 e. The van der Waals surface area contributed by atoms with Crippen molar-refractivity contribution in [3.63, 3.8) is 0 Å². The third-order valence-corrected chi connectivity index (χ3v) is 2.88. The van der Waals surface area contributed by atoms with Gasteiger partial charge in [0.25, 0.3) is 0 Å². The zero-order valence-electron chi connectivity index (χ0n) is 9.91. The second-order valence-corrected chi connectivity index (χ2v) is 4.24. The summed E-state index contributed by atoms with van der Waals surface area (Å²) in [6, 6.07) is 2.53. The zero-order valence-corrected chi connectivity index (χ0v) is 10.8. The first-order valence-electron chi connectivity index (χ1n) is 5.38. The first-order valence-corrected chi connectivity index (χ1v) is 6.01. The monoisotopic (exact) mass is 272 g/mol. The van der Waals surface area contributed by atoms with Crippen molar-refractivity contribution in [3.05, 3.63) is 23.3 Å². The van der Waals surface area contributed by atoms with Crippen LogP contribution in [0, 0.1) is 0 Å². The van der Waals surface area contributed by atoms with Crippen molar-refractivity contribution in [2.24, 2.45) is 0 Å². The number of phenols is 1. The number of benzene rings is 1. The van der Waals surface area contributed by atoms with Crippen LogP contribution < -0.4 is 4.74 Å². The van der Waals surface area contributed by atoms with Gasteiger partial charge in [-0.1, -0.05) is 0 Å². The van der Waals surface area contributed by atoms with Gasteiger partial charge in [0.15, 0.2) is 17.8 Å². The average Bonchev–Trinajstić information content (AvgIpc) is 2.37. The molecule has 0 aliphatic carbocycles. The summed E-state index contributed by atoms with van der Waals surface area (Å²) in [5.74, 6) is 0.337. The van der Waals surface area contributed by atoms with Crippen LogP contribution in [0.4, 0.5) is 0 Å². The Labute approximate surface area is 110 Å². The Balaban J connectivity index is 3.14. The average molecular weight is 272 g/mol. The highest BCUT2D eigenvalue weighted by Gasteiger charge is 2.22. The lowest BCUT2D eigenvalue weighted by Gasteiger charge is -2.19. The van der Waals surface area contributed by atoms with Crippen LogP contribution in [0.1, 0.15) is 28.4 Å². The Morgan fingerprint density at radius 2 is 2.11 bits per heavy atom. The van der Waals surface area contributed by atoms with Gasteiger partial charge >= 0.3 is 0 Å². The zero-order chi connectivity index (χ0) is 13.7. The van der Waals surface area contributed by atoms with E-state index in [2.05, 4.69) is 12.6 Å². The van der Waals surface area contributed by atoms with Crippen LogP contribution in [0.3, 0.4) is 0 Å². The Bertz CT molecular complexity index is 421. The molecule has 0 radical (unpaired) electrons. The molecule has 100 valence electrons. The molecule has 0 aliphatic rings. The third-order valence-electron chi connectivity index (χ3n) is 2.62. The number of carbonyl (C=O) groups is 1. The van der Waals surface area contributed by atoms with Crippen molar-refractivity contribution in [2.45, 2.75) is 18.6 Å². The van der Waals surface area contributed by atoms with Crippen molar-refractivity contribution in [1.29, 1.82) is 0 Å². The SMILES string of the molecule is COc1cc(C=O)c(C(O)C(O)CCS)cc1O. The maximum Gasteiger partial charge on any atom is 0.161 e. The van der Waals surface area contributed by atoms with Crippen molar-refractivity contribution in [3.8, 4) is 11.5 Å². The highest BCUT2D eigenvalue weighted by molar-refractivity contribution is 7.80. The van der Waals surface area contributed by atoms with E-state index in [1.165, 1.54) is 19.2 Å². The molecule has 2 unspecified atom stereocenters. The number of phenolic OH excluding ortho intramolecular Hbond substituents is 1. The minimum atomic E-state index is -1.26. The van der Waals surface area contributed by atoms with E-state index >= 15 is 0 Å². The molecule has 1 aromatic carbocycles. The molecule has 0 aliphatic heterocycles. The molecule has 0 amide bonds. The number of aliphatic hydroxyl groups is 2. The molecule has 5 nitrogen and oxygen atoms in total. The Hall–Kier alpha value is -1.24. The topological polar surface area (TPSA) is 87.0 Å². The van der Waals surface area contributed by atoms with E-state index in [1.807, 2.05) is 0 Å². The van der Waals surface area contributed by atoms with Crippen LogP contribution in [0.25, 0.3) is 0 Å². The van der Waals surface area contributed by atoms with Crippen molar-refractivity contribution < 1.29 is 24.9 Å². The predicted octanol–water partition coefficient (Wildman–Crippen LogP) is 0.927. The Morgan fingerprint density at radius 1 is 1.44 bits per heavy atom. The molecule has 0 fully saturated rings. The number of carbonyl (C=O) groups excluding carboxylic acids is 1. The fourth-order valence-electron chi connectivity index (χ4n) is 1.62. The molecular weight excluding hydrogens is 256 g/mol. The molecule has 1 aromatic rings. The number of rotatable bonds is 6.